The molecule has 1 aromatic carbocycles. The van der Waals surface area contributed by atoms with Crippen LogP contribution in [0.25, 0.3) is 0 Å². The summed E-state index contributed by atoms with van der Waals surface area (Å²) in [7, 11) is 3.12. The largest absolute Gasteiger partial charge is 0.502 e. The van der Waals surface area contributed by atoms with Crippen molar-refractivity contribution in [2.24, 2.45) is 0 Å². The van der Waals surface area contributed by atoms with Crippen LogP contribution in [0.1, 0.15) is 24.9 Å². The lowest BCUT2D eigenvalue weighted by atomic mass is 10.0. The topological polar surface area (TPSA) is 54.0 Å². The highest BCUT2D eigenvalue weighted by molar-refractivity contribution is 5.53. The Hall–Kier alpha value is -1.46. The number of rotatable bonds is 5. The number of piperazine rings is 1. The van der Waals surface area contributed by atoms with E-state index in [0.29, 0.717) is 17.5 Å². The fourth-order valence-corrected chi connectivity index (χ4v) is 2.80. The van der Waals surface area contributed by atoms with Gasteiger partial charge in [-0.25, -0.2) is 0 Å². The van der Waals surface area contributed by atoms with Crippen molar-refractivity contribution in [2.45, 2.75) is 19.4 Å². The van der Waals surface area contributed by atoms with Crippen molar-refractivity contribution >= 4 is 0 Å². The predicted molar refractivity (Wildman–Crippen MR) is 78.7 cm³/mol. The molecule has 20 heavy (non-hydrogen) atoms. The fourth-order valence-electron chi connectivity index (χ4n) is 2.80. The molecule has 0 bridgehead atoms. The van der Waals surface area contributed by atoms with Crippen molar-refractivity contribution < 1.29 is 14.6 Å². The number of nitrogens with zero attached hydrogens (tertiary/aromatic N) is 1. The maximum Gasteiger partial charge on any atom is 0.200 e. The summed E-state index contributed by atoms with van der Waals surface area (Å²) in [5.41, 5.74) is 1.13. The lowest BCUT2D eigenvalue weighted by Gasteiger charge is -2.35. The van der Waals surface area contributed by atoms with E-state index in [2.05, 4.69) is 17.1 Å². The maximum atomic E-state index is 10.0. The van der Waals surface area contributed by atoms with Gasteiger partial charge in [0.2, 0.25) is 5.75 Å². The van der Waals surface area contributed by atoms with E-state index in [1.165, 1.54) is 0 Å². The minimum atomic E-state index is 0.0638. The number of phenolic OH excluding ortho intramolecular Hbond substituents is 1. The molecular formula is C15H24N2O3. The molecular weight excluding hydrogens is 256 g/mol. The van der Waals surface area contributed by atoms with Gasteiger partial charge >= 0.3 is 0 Å². The van der Waals surface area contributed by atoms with Gasteiger partial charge in [-0.1, -0.05) is 6.92 Å². The van der Waals surface area contributed by atoms with Gasteiger partial charge in [-0.2, -0.15) is 0 Å². The van der Waals surface area contributed by atoms with Crippen LogP contribution in [0.5, 0.6) is 17.2 Å². The van der Waals surface area contributed by atoms with Gasteiger partial charge in [0.05, 0.1) is 14.2 Å². The number of hydrogen-bond donors (Lipinski definition) is 2. The number of ether oxygens (including phenoxy) is 2. The molecule has 0 spiro atoms. The molecule has 1 atom stereocenters. The zero-order chi connectivity index (χ0) is 14.5. The monoisotopic (exact) mass is 280 g/mol. The third-order valence-corrected chi connectivity index (χ3v) is 3.87. The molecule has 112 valence electrons. The molecule has 0 unspecified atom stereocenters. The summed E-state index contributed by atoms with van der Waals surface area (Å²) in [4.78, 5) is 2.46. The Morgan fingerprint density at radius 3 is 2.20 bits per heavy atom. The average molecular weight is 280 g/mol. The molecule has 1 aromatic rings. The molecule has 5 nitrogen and oxygen atoms in total. The van der Waals surface area contributed by atoms with E-state index in [9.17, 15) is 5.11 Å². The maximum absolute atomic E-state index is 10.0. The summed E-state index contributed by atoms with van der Waals surface area (Å²) < 4.78 is 10.5. The van der Waals surface area contributed by atoms with Gasteiger partial charge in [0.25, 0.3) is 0 Å². The zero-order valence-corrected chi connectivity index (χ0v) is 12.5. The van der Waals surface area contributed by atoms with Gasteiger partial charge in [-0.05, 0) is 24.1 Å². The number of hydrogen-bond acceptors (Lipinski definition) is 5. The minimum absolute atomic E-state index is 0.0638. The lowest BCUT2D eigenvalue weighted by Crippen LogP contribution is -2.45. The highest BCUT2D eigenvalue weighted by Gasteiger charge is 2.23. The first-order valence-electron chi connectivity index (χ1n) is 7.10. The van der Waals surface area contributed by atoms with Gasteiger partial charge in [0, 0.05) is 32.2 Å². The van der Waals surface area contributed by atoms with Crippen LogP contribution in [-0.4, -0.2) is 50.4 Å². The number of phenols is 1. The second-order valence-corrected chi connectivity index (χ2v) is 4.98. The number of nitrogens with one attached hydrogen (secondary N) is 1. The van der Waals surface area contributed by atoms with Crippen molar-refractivity contribution in [3.05, 3.63) is 17.7 Å². The second-order valence-electron chi connectivity index (χ2n) is 4.98. The van der Waals surface area contributed by atoms with E-state index in [1.54, 1.807) is 14.2 Å². The standard InChI is InChI=1S/C15H24N2O3/c1-4-12(17-7-5-16-6-8-17)11-9-13(19-2)15(18)14(10-11)20-3/h9-10,12,16,18H,4-8H2,1-3H3/t12-/m1/s1. The quantitative estimate of drug-likeness (QED) is 0.861. The van der Waals surface area contributed by atoms with Crippen LogP contribution in [0.3, 0.4) is 0 Å². The Labute approximate surface area is 120 Å². The first-order valence-corrected chi connectivity index (χ1v) is 7.10. The van der Waals surface area contributed by atoms with Gasteiger partial charge in [0.15, 0.2) is 11.5 Å². The highest BCUT2D eigenvalue weighted by atomic mass is 16.5. The van der Waals surface area contributed by atoms with E-state index >= 15 is 0 Å². The summed E-state index contributed by atoms with van der Waals surface area (Å²) in [5, 5.41) is 13.4. The Balaban J connectivity index is 2.33. The lowest BCUT2D eigenvalue weighted by molar-refractivity contribution is 0.168. The molecule has 0 amide bonds. The zero-order valence-electron chi connectivity index (χ0n) is 12.5. The van der Waals surface area contributed by atoms with Crippen LogP contribution in [0.2, 0.25) is 0 Å². The first kappa shape index (κ1) is 14.9. The molecule has 5 heteroatoms. The molecule has 2 rings (SSSR count). The second kappa shape index (κ2) is 6.81. The minimum Gasteiger partial charge on any atom is -0.502 e. The Morgan fingerprint density at radius 1 is 1.20 bits per heavy atom. The van der Waals surface area contributed by atoms with Gasteiger partial charge in [-0.3, -0.25) is 4.90 Å². The van der Waals surface area contributed by atoms with Crippen molar-refractivity contribution in [2.75, 3.05) is 40.4 Å². The third-order valence-electron chi connectivity index (χ3n) is 3.87. The van der Waals surface area contributed by atoms with E-state index in [-0.39, 0.29) is 5.75 Å². The molecule has 1 aliphatic rings. The van der Waals surface area contributed by atoms with Crippen LogP contribution in [0, 0.1) is 0 Å². The highest BCUT2D eigenvalue weighted by Crippen LogP contribution is 2.40. The third kappa shape index (κ3) is 2.99. The van der Waals surface area contributed by atoms with E-state index in [1.807, 2.05) is 12.1 Å². The van der Waals surface area contributed by atoms with Gasteiger partial charge in [0.1, 0.15) is 0 Å². The Morgan fingerprint density at radius 2 is 1.75 bits per heavy atom. The first-order chi connectivity index (χ1) is 9.71. The van der Waals surface area contributed by atoms with Gasteiger partial charge < -0.3 is 19.9 Å². The van der Waals surface area contributed by atoms with Crippen LogP contribution < -0.4 is 14.8 Å². The Bertz CT molecular complexity index is 420. The normalized spacial score (nSPS) is 17.8. The van der Waals surface area contributed by atoms with Crippen LogP contribution >= 0.6 is 0 Å². The van der Waals surface area contributed by atoms with Crippen molar-refractivity contribution in [3.63, 3.8) is 0 Å². The fraction of sp³-hybridized carbons (Fsp3) is 0.600. The number of aromatic hydroxyl groups is 1. The molecule has 1 aliphatic heterocycles. The smallest absolute Gasteiger partial charge is 0.200 e. The van der Waals surface area contributed by atoms with E-state index < -0.39 is 0 Å². The number of methoxy groups -OCH3 is 2. The predicted octanol–water partition coefficient (Wildman–Crippen LogP) is 1.77. The molecule has 1 saturated heterocycles. The summed E-state index contributed by atoms with van der Waals surface area (Å²) in [6.45, 7) is 6.28. The van der Waals surface area contributed by atoms with Crippen LogP contribution in [0.15, 0.2) is 12.1 Å². The Kier molecular flexibility index (Phi) is 5.09. The van der Waals surface area contributed by atoms with Crippen molar-refractivity contribution in [3.8, 4) is 17.2 Å². The molecule has 0 aliphatic carbocycles. The molecule has 1 fully saturated rings. The summed E-state index contributed by atoms with van der Waals surface area (Å²) in [5.74, 6) is 0.995. The SMILES string of the molecule is CC[C@H](c1cc(OC)c(O)c(OC)c1)N1CCNCC1. The van der Waals surface area contributed by atoms with Crippen LogP contribution in [-0.2, 0) is 0 Å². The average Bonchev–Trinajstić information content (AvgIpc) is 2.50. The van der Waals surface area contributed by atoms with Crippen molar-refractivity contribution in [1.29, 1.82) is 0 Å². The number of benzene rings is 1. The molecule has 0 radical (unpaired) electrons. The van der Waals surface area contributed by atoms with Crippen molar-refractivity contribution in [1.82, 2.24) is 10.2 Å². The summed E-state index contributed by atoms with van der Waals surface area (Å²) in [6.07, 6.45) is 1.01. The molecule has 0 saturated carbocycles. The molecule has 1 heterocycles. The molecule has 0 aromatic heterocycles. The summed E-state index contributed by atoms with van der Waals surface area (Å²) in [6, 6.07) is 4.14. The van der Waals surface area contributed by atoms with E-state index in [0.717, 1.165) is 38.2 Å². The van der Waals surface area contributed by atoms with Gasteiger partial charge in [-0.15, -0.1) is 0 Å². The van der Waals surface area contributed by atoms with E-state index in [4.69, 9.17) is 9.47 Å². The molecule has 2 N–H and O–H groups in total. The summed E-state index contributed by atoms with van der Waals surface area (Å²) >= 11 is 0. The van der Waals surface area contributed by atoms with Crippen LogP contribution in [0.4, 0.5) is 0 Å².